The third-order valence-electron chi connectivity index (χ3n) is 14.4. The summed E-state index contributed by atoms with van der Waals surface area (Å²) in [5.74, 6) is 0.846. The van der Waals surface area contributed by atoms with Gasteiger partial charge in [0.1, 0.15) is 21.5 Å². The first-order valence-electron chi connectivity index (χ1n) is 44.2. The number of anilines is 1. The highest BCUT2D eigenvalue weighted by atomic mass is 32.2. The van der Waals surface area contributed by atoms with Gasteiger partial charge in [-0.15, -0.1) is 0 Å². The molecular formula is C95H202F6N22O7S. The summed E-state index contributed by atoms with van der Waals surface area (Å²) in [6.07, 6.45) is 8.74. The molecule has 2 aliphatic rings. The topological polar surface area (TPSA) is 238 Å². The predicted molar refractivity (Wildman–Crippen MR) is 550 cm³/mol. The van der Waals surface area contributed by atoms with Crippen LogP contribution in [0.3, 0.4) is 0 Å². The van der Waals surface area contributed by atoms with E-state index in [1.807, 2.05) is 237 Å². The molecule has 0 bridgehead atoms. The Morgan fingerprint density at radius 2 is 1.00 bits per heavy atom. The fourth-order valence-electron chi connectivity index (χ4n) is 7.03. The lowest BCUT2D eigenvalue weighted by atomic mass is 9.92. The Labute approximate surface area is 801 Å². The van der Waals surface area contributed by atoms with Crippen molar-refractivity contribution in [2.75, 3.05) is 357 Å². The van der Waals surface area contributed by atoms with E-state index in [1.165, 1.54) is 75.5 Å². The molecule has 0 amide bonds. The fraction of sp³-hybridized carbons (Fsp3) is 0.768. The van der Waals surface area contributed by atoms with E-state index < -0.39 is 29.0 Å². The van der Waals surface area contributed by atoms with Crippen LogP contribution in [0.2, 0.25) is 0 Å². The minimum Gasteiger partial charge on any atom is -0.465 e. The molecular weight excluding hydrogens is 1710 g/mol. The van der Waals surface area contributed by atoms with E-state index in [1.54, 1.807) is 78.0 Å². The third-order valence-corrected chi connectivity index (χ3v) is 15.3. The maximum atomic E-state index is 12.9. The molecule has 6 rings (SSSR count). The van der Waals surface area contributed by atoms with Crippen molar-refractivity contribution in [1.82, 2.24) is 98.8 Å². The number of nitrogens with one attached hydrogen (secondary N) is 1. The predicted octanol–water partition coefficient (Wildman–Crippen LogP) is 11.8. The van der Waals surface area contributed by atoms with Gasteiger partial charge in [-0.2, -0.15) is 18.4 Å². The van der Waals surface area contributed by atoms with Crippen LogP contribution < -0.4 is 10.2 Å². The zero-order chi connectivity index (χ0) is 106. The van der Waals surface area contributed by atoms with E-state index in [2.05, 4.69) is 177 Å². The van der Waals surface area contributed by atoms with Crippen LogP contribution in [-0.4, -0.2) is 496 Å². The van der Waals surface area contributed by atoms with Crippen LogP contribution in [0.1, 0.15) is 109 Å². The van der Waals surface area contributed by atoms with Crippen LogP contribution in [0.5, 0.6) is 0 Å². The average molecular weight is 1910 g/mol. The molecule has 2 saturated carbocycles. The number of aryl methyl sites for hydroxylation is 2. The smallest absolute Gasteiger partial charge is 0.401 e. The lowest BCUT2D eigenvalue weighted by Gasteiger charge is -2.31. The Kier molecular flexibility index (Phi) is 124. The van der Waals surface area contributed by atoms with Crippen LogP contribution in [0.25, 0.3) is 0 Å². The number of benzene rings is 2. The number of rotatable bonds is 26. The van der Waals surface area contributed by atoms with Gasteiger partial charge in [0.25, 0.3) is 6.43 Å². The van der Waals surface area contributed by atoms with Gasteiger partial charge in [0, 0.05) is 128 Å². The summed E-state index contributed by atoms with van der Waals surface area (Å²) >= 11 is 0. The minimum atomic E-state index is -4.05. The van der Waals surface area contributed by atoms with Crippen LogP contribution in [0.15, 0.2) is 79.3 Å². The molecule has 2 aromatic heterocycles. The first-order valence-corrected chi connectivity index (χ1v) is 46.2. The van der Waals surface area contributed by atoms with E-state index >= 15 is 0 Å². The molecule has 0 aliphatic heterocycles. The van der Waals surface area contributed by atoms with Crippen LogP contribution in [-0.2, 0) is 48.5 Å². The van der Waals surface area contributed by atoms with Gasteiger partial charge in [-0.3, -0.25) is 24.6 Å². The van der Waals surface area contributed by atoms with Crippen molar-refractivity contribution in [3.63, 3.8) is 0 Å². The summed E-state index contributed by atoms with van der Waals surface area (Å²) in [7, 11) is 69.8. The molecule has 0 saturated heterocycles. The summed E-state index contributed by atoms with van der Waals surface area (Å²) in [6, 6.07) is 23.5. The number of aromatic nitrogens is 4. The maximum Gasteiger partial charge on any atom is 0.401 e. The minimum absolute atomic E-state index is 0.124. The fourth-order valence-corrected chi connectivity index (χ4v) is 7.72. The zero-order valence-corrected chi connectivity index (χ0v) is 92.9. The first-order chi connectivity index (χ1) is 60.3. The summed E-state index contributed by atoms with van der Waals surface area (Å²) < 4.78 is 104. The quantitative estimate of drug-likeness (QED) is 0.0337. The van der Waals surface area contributed by atoms with Crippen LogP contribution in [0.4, 0.5) is 32.0 Å². The molecule has 2 heterocycles. The second-order valence-electron chi connectivity index (χ2n) is 34.7. The van der Waals surface area contributed by atoms with Crippen molar-refractivity contribution in [2.24, 2.45) is 0 Å². The number of alkyl halides is 5. The van der Waals surface area contributed by atoms with Crippen molar-refractivity contribution >= 4 is 21.5 Å². The van der Waals surface area contributed by atoms with Crippen LogP contribution >= 0.6 is 0 Å². The summed E-state index contributed by atoms with van der Waals surface area (Å²) in [5.41, 5.74) is 5.02. The number of carbonyl (C=O) groups is 1. The van der Waals surface area contributed by atoms with Gasteiger partial charge in [-0.25, -0.2) is 31.6 Å². The van der Waals surface area contributed by atoms with Crippen molar-refractivity contribution < 1.29 is 58.9 Å². The molecule has 131 heavy (non-hydrogen) atoms. The number of methoxy groups -OCH3 is 2. The van der Waals surface area contributed by atoms with Crippen LogP contribution in [0, 0.1) is 31.0 Å². The van der Waals surface area contributed by atoms with Gasteiger partial charge in [0.2, 0.25) is 0 Å². The van der Waals surface area contributed by atoms with Gasteiger partial charge >= 0.3 is 12.1 Å². The number of hydrogen-bond acceptors (Lipinski definition) is 29. The largest absolute Gasteiger partial charge is 0.465 e. The third kappa shape index (κ3) is 171. The molecule has 782 valence electrons. The van der Waals surface area contributed by atoms with E-state index in [0.29, 0.717) is 38.8 Å². The molecule has 36 heteroatoms. The number of para-hydroxylation sites is 1. The lowest BCUT2D eigenvalue weighted by Crippen LogP contribution is -2.33. The van der Waals surface area contributed by atoms with Gasteiger partial charge in [-0.1, -0.05) is 70.0 Å². The number of hydrogen-bond donors (Lipinski definition) is 2. The molecule has 0 radical (unpaired) electrons. The highest BCUT2D eigenvalue weighted by Crippen LogP contribution is 2.23. The van der Waals surface area contributed by atoms with Gasteiger partial charge in [-0.05, 0) is 324 Å². The number of esters is 1. The first kappa shape index (κ1) is 153. The van der Waals surface area contributed by atoms with Gasteiger partial charge in [0.05, 0.1) is 75.8 Å². The molecule has 29 nitrogen and oxygen atoms in total. The normalized spacial score (nSPS) is 11.4. The number of nitriles is 1. The Morgan fingerprint density at radius 3 is 1.20 bits per heavy atom. The zero-order valence-electron chi connectivity index (χ0n) is 92.1. The second kappa shape index (κ2) is 106. The highest BCUT2D eigenvalue weighted by molar-refractivity contribution is 7.90. The number of likely N-dealkylation sites (N-methyl/N-ethyl adjacent to an activating group) is 3. The van der Waals surface area contributed by atoms with Crippen molar-refractivity contribution in [3.8, 4) is 6.07 Å². The van der Waals surface area contributed by atoms with Crippen molar-refractivity contribution in [3.05, 3.63) is 114 Å². The van der Waals surface area contributed by atoms with E-state index in [0.717, 1.165) is 84.8 Å². The number of nitrogens with zero attached hydrogens (tertiary/aromatic N) is 21. The Hall–Kier alpha value is -5.87. The molecule has 0 spiro atoms. The monoisotopic (exact) mass is 1910 g/mol. The Balaban J connectivity index is -0.000000103. The van der Waals surface area contributed by atoms with E-state index in [4.69, 9.17) is 15.1 Å². The highest BCUT2D eigenvalue weighted by Gasteiger charge is 2.27. The number of halogens is 6. The Bertz CT molecular complexity index is 3010. The number of aliphatic hydroxyl groups is 1. The number of ether oxygens (including phenoxy) is 3. The van der Waals surface area contributed by atoms with E-state index in [-0.39, 0.29) is 30.7 Å². The number of carbonyl (C=O) groups excluding carboxylic acids is 1. The number of aliphatic hydroxyl groups excluding tert-OH is 1. The van der Waals surface area contributed by atoms with E-state index in [9.17, 15) is 39.6 Å². The summed E-state index contributed by atoms with van der Waals surface area (Å²) in [6.45, 7) is 23.7. The maximum absolute atomic E-state index is 12.9. The van der Waals surface area contributed by atoms with Crippen molar-refractivity contribution in [2.45, 2.75) is 144 Å². The molecule has 0 unspecified atom stereocenters. The molecule has 4 aromatic rings. The lowest BCUT2D eigenvalue weighted by molar-refractivity contribution is -0.144. The van der Waals surface area contributed by atoms with Gasteiger partial charge < -0.3 is 93.2 Å². The molecule has 0 atom stereocenters. The standard InChI is InChI=1S/C9H12FN.2C8H13N3.C8H11N.C6H13NO2.C6H13N.C5H13NO2S.C5H13NO.C5H11N.C5H13N.C4H8F3N.C4H9F2N.C4H8N2.C4H11NO.C4H11N.C3H9N.C3H8.C2H7N.C2H6O/c1-11(2)7-8-5-3-4-6-9(8)10;1-7-4-9-5-8(10-7)6-11(2)3;1-7-4-5-9-8(10-7)6-11(2)3;1-9(2)8-6-4-3-5-7-8;1-4-9-6(8)5-7(2)3;1-7(2)6-4-3-5-6;1-6(2)4-5-9(3,7)8;1-6(2)4-5-7-3;1-6(2)5-3-4-5;1-5(2)6(3)4;1-8(2)3-4(5,6)7;1-7(2)3-4(5)6;1-6(2)4-3-5;1-5(2)3-4-6;1-4-5(2)3;1-4(2)3;3*1-3-2/h3-6H,7H2,1-2H3;2*4-5H,6H2,1-3H3;3-7H,1-2H3;4-5H2,1-3H3;6H,3-5H2,1-2H3;4-5H2,1-3H3;4-5H2,1-3H3;5H,3-4H2,1-2H3;5H,1-4H3;3H2,1-2H3;4H,3H2,1-2H3;4H2,1-2H3;6H,3-4H2,1-2H3;4H2,1-3H3;1-3H3;3H2,1-2H3;3H,1-2H3;1-2H3. The molecule has 2 fully saturated rings. The SMILES string of the molecule is CC(C)N(C)C.CCC.CCN(C)C.CCOC(=O)CN(C)C.CN(C)C.CN(C)C1CC1.CN(C)C1CCC1.CN(C)CC#N.CN(C)CC(F)(F)F.CN(C)CC(F)F.CN(C)CCO.CN(C)CCS(C)(=O)=O.CN(C)Cc1ccccc1F.CN(C)c1ccccc1.CNC.COC.COCCN(C)C.Cc1ccnc(CN(C)C)n1.Cc1cncc(CN(C)C)n1. The summed E-state index contributed by atoms with van der Waals surface area (Å²) in [4.78, 5) is 58.4. The molecule has 2 aromatic carbocycles. The van der Waals surface area contributed by atoms with Crippen molar-refractivity contribution in [1.29, 1.82) is 5.26 Å². The average Bonchev–Trinajstić information content (AvgIpc) is 1.91. The molecule has 2 aliphatic carbocycles. The second-order valence-corrected chi connectivity index (χ2v) is 36.9. The Morgan fingerprint density at radius 1 is 0.580 bits per heavy atom. The molecule has 2 N–H and O–H groups in total. The number of sulfone groups is 1. The summed E-state index contributed by atoms with van der Waals surface area (Å²) in [5, 5.41) is 18.9. The van der Waals surface area contributed by atoms with Gasteiger partial charge in [0.15, 0.2) is 0 Å².